The molecule has 5 nitrogen and oxygen atoms in total. The number of ether oxygens (including phenoxy) is 1. The van der Waals surface area contributed by atoms with Gasteiger partial charge in [0.2, 0.25) is 0 Å². The third kappa shape index (κ3) is 4.22. The summed E-state index contributed by atoms with van der Waals surface area (Å²) < 4.78 is 5.86. The van der Waals surface area contributed by atoms with E-state index >= 15 is 0 Å². The Morgan fingerprint density at radius 3 is 3.22 bits per heavy atom. The molecule has 1 aliphatic heterocycles. The fraction of sp³-hybridized carbons (Fsp3) is 0.412. The summed E-state index contributed by atoms with van der Waals surface area (Å²) in [5.74, 6) is 1.08. The number of hydrogen-bond acceptors (Lipinski definition) is 4. The summed E-state index contributed by atoms with van der Waals surface area (Å²) >= 11 is 1.68. The van der Waals surface area contributed by atoms with E-state index in [4.69, 9.17) is 4.74 Å². The number of carbonyl (C=O) groups excluding carboxylic acids is 1. The highest BCUT2D eigenvalue weighted by Crippen LogP contribution is 2.19. The lowest BCUT2D eigenvalue weighted by Gasteiger charge is -2.19. The predicted molar refractivity (Wildman–Crippen MR) is 91.0 cm³/mol. The van der Waals surface area contributed by atoms with Crippen molar-refractivity contribution in [2.24, 2.45) is 0 Å². The lowest BCUT2D eigenvalue weighted by Crippen LogP contribution is -2.40. The smallest absolute Gasteiger partial charge is 0.317 e. The first-order chi connectivity index (χ1) is 11.2. The molecule has 122 valence electrons. The molecule has 0 spiro atoms. The van der Waals surface area contributed by atoms with Gasteiger partial charge in [-0.25, -0.2) is 4.79 Å². The molecular weight excluding hydrogens is 310 g/mol. The maximum absolute atomic E-state index is 12.3. The molecule has 3 rings (SSSR count). The lowest BCUT2D eigenvalue weighted by molar-refractivity contribution is 0.186. The van der Waals surface area contributed by atoms with Gasteiger partial charge in [-0.3, -0.25) is 4.98 Å². The molecule has 1 N–H and O–H groups in total. The van der Waals surface area contributed by atoms with Crippen molar-refractivity contribution in [1.29, 1.82) is 0 Å². The molecule has 0 radical (unpaired) electrons. The molecular formula is C17H21N3O2S. The number of amides is 2. The Balaban J connectivity index is 1.44. The minimum absolute atomic E-state index is 0.00985. The van der Waals surface area contributed by atoms with Crippen molar-refractivity contribution in [2.45, 2.75) is 25.4 Å². The van der Waals surface area contributed by atoms with Crippen LogP contribution in [0.5, 0.6) is 5.75 Å². The number of thiophene rings is 1. The summed E-state index contributed by atoms with van der Waals surface area (Å²) in [7, 11) is 0. The van der Waals surface area contributed by atoms with E-state index in [-0.39, 0.29) is 12.1 Å². The minimum Gasteiger partial charge on any atom is -0.487 e. The number of nitrogens with zero attached hydrogens (tertiary/aromatic N) is 2. The maximum atomic E-state index is 12.3. The molecule has 2 atom stereocenters. The summed E-state index contributed by atoms with van der Waals surface area (Å²) in [6.45, 7) is 4.12. The van der Waals surface area contributed by atoms with Crippen LogP contribution in [0.25, 0.3) is 0 Å². The molecule has 1 saturated heterocycles. The van der Waals surface area contributed by atoms with E-state index in [0.717, 1.165) is 18.7 Å². The Labute approximate surface area is 140 Å². The van der Waals surface area contributed by atoms with Crippen molar-refractivity contribution in [2.75, 3.05) is 19.6 Å². The number of hydrogen-bond donors (Lipinski definition) is 1. The second-order valence-electron chi connectivity index (χ2n) is 5.81. The normalized spacial score (nSPS) is 18.7. The van der Waals surface area contributed by atoms with Gasteiger partial charge in [0.25, 0.3) is 0 Å². The number of rotatable bonds is 5. The van der Waals surface area contributed by atoms with Crippen LogP contribution in [0.15, 0.2) is 41.4 Å². The van der Waals surface area contributed by atoms with Gasteiger partial charge in [0.1, 0.15) is 11.9 Å². The zero-order chi connectivity index (χ0) is 16.1. The van der Waals surface area contributed by atoms with Crippen LogP contribution in [0.4, 0.5) is 4.79 Å². The van der Waals surface area contributed by atoms with Crippen LogP contribution in [-0.2, 0) is 0 Å². The van der Waals surface area contributed by atoms with Crippen molar-refractivity contribution < 1.29 is 9.53 Å². The average Bonchev–Trinajstić information content (AvgIpc) is 3.25. The Morgan fingerprint density at radius 1 is 1.57 bits per heavy atom. The third-order valence-electron chi connectivity index (χ3n) is 4.04. The molecule has 0 aliphatic carbocycles. The van der Waals surface area contributed by atoms with Crippen LogP contribution < -0.4 is 10.1 Å². The van der Waals surface area contributed by atoms with E-state index in [9.17, 15) is 4.79 Å². The Morgan fingerprint density at radius 2 is 2.48 bits per heavy atom. The quantitative estimate of drug-likeness (QED) is 0.916. The van der Waals surface area contributed by atoms with Crippen molar-refractivity contribution in [3.05, 3.63) is 46.9 Å². The van der Waals surface area contributed by atoms with Crippen LogP contribution in [0, 0.1) is 0 Å². The number of carbonyl (C=O) groups is 1. The fourth-order valence-corrected chi connectivity index (χ4v) is 3.43. The zero-order valence-corrected chi connectivity index (χ0v) is 14.0. The lowest BCUT2D eigenvalue weighted by atomic mass is 10.1. The molecule has 0 bridgehead atoms. The largest absolute Gasteiger partial charge is 0.487 e. The van der Waals surface area contributed by atoms with Gasteiger partial charge in [0.15, 0.2) is 0 Å². The van der Waals surface area contributed by atoms with Gasteiger partial charge in [-0.1, -0.05) is 6.92 Å². The first-order valence-electron chi connectivity index (χ1n) is 7.84. The molecule has 0 saturated carbocycles. The standard InChI is InChI=1S/C17H21N3O2S/c1-13(14-5-8-23-12-14)9-19-17(21)20-7-4-16(11-20)22-15-3-2-6-18-10-15/h2-3,5-6,8,10,12-13,16H,4,7,9,11H2,1H3,(H,19,21)/t13-,16+/m0/s1. The first kappa shape index (κ1) is 15.8. The second kappa shape index (κ2) is 7.46. The fourth-order valence-electron chi connectivity index (χ4n) is 2.64. The van der Waals surface area contributed by atoms with Gasteiger partial charge in [0, 0.05) is 25.7 Å². The van der Waals surface area contributed by atoms with Gasteiger partial charge < -0.3 is 15.0 Å². The number of urea groups is 1. The number of aromatic nitrogens is 1. The molecule has 2 aromatic heterocycles. The van der Waals surface area contributed by atoms with Crippen LogP contribution >= 0.6 is 11.3 Å². The summed E-state index contributed by atoms with van der Waals surface area (Å²) in [6.07, 6.45) is 4.31. The molecule has 0 aromatic carbocycles. The van der Waals surface area contributed by atoms with E-state index in [1.165, 1.54) is 5.56 Å². The van der Waals surface area contributed by atoms with Crippen LogP contribution in [-0.4, -0.2) is 41.7 Å². The first-order valence-corrected chi connectivity index (χ1v) is 8.78. The van der Waals surface area contributed by atoms with Crippen LogP contribution in [0.1, 0.15) is 24.8 Å². The maximum Gasteiger partial charge on any atom is 0.317 e. The molecule has 1 fully saturated rings. The molecule has 3 heterocycles. The summed E-state index contributed by atoms with van der Waals surface area (Å²) in [6, 6.07) is 5.83. The Hall–Kier alpha value is -2.08. The SMILES string of the molecule is C[C@@H](CNC(=O)N1CC[C@@H](Oc2cccnc2)C1)c1ccsc1. The van der Waals surface area contributed by atoms with Gasteiger partial charge in [0.05, 0.1) is 12.7 Å². The highest BCUT2D eigenvalue weighted by atomic mass is 32.1. The average molecular weight is 331 g/mol. The van der Waals surface area contributed by atoms with E-state index < -0.39 is 0 Å². The predicted octanol–water partition coefficient (Wildman–Crippen LogP) is 3.11. The van der Waals surface area contributed by atoms with Crippen molar-refractivity contribution >= 4 is 17.4 Å². The number of likely N-dealkylation sites (tertiary alicyclic amines) is 1. The van der Waals surface area contributed by atoms with Gasteiger partial charge in [-0.2, -0.15) is 11.3 Å². The summed E-state index contributed by atoms with van der Waals surface area (Å²) in [4.78, 5) is 18.1. The van der Waals surface area contributed by atoms with E-state index in [0.29, 0.717) is 19.0 Å². The third-order valence-corrected chi connectivity index (χ3v) is 4.74. The molecule has 2 amide bonds. The van der Waals surface area contributed by atoms with Gasteiger partial charge in [-0.05, 0) is 40.4 Å². The zero-order valence-electron chi connectivity index (χ0n) is 13.1. The monoisotopic (exact) mass is 331 g/mol. The van der Waals surface area contributed by atoms with Crippen LogP contribution in [0.3, 0.4) is 0 Å². The van der Waals surface area contributed by atoms with Crippen molar-refractivity contribution in [3.63, 3.8) is 0 Å². The van der Waals surface area contributed by atoms with Crippen LogP contribution in [0.2, 0.25) is 0 Å². The highest BCUT2D eigenvalue weighted by molar-refractivity contribution is 7.07. The summed E-state index contributed by atoms with van der Waals surface area (Å²) in [5.41, 5.74) is 1.27. The van der Waals surface area contributed by atoms with Crippen molar-refractivity contribution in [3.8, 4) is 5.75 Å². The molecule has 23 heavy (non-hydrogen) atoms. The molecule has 0 unspecified atom stereocenters. The number of pyridine rings is 1. The highest BCUT2D eigenvalue weighted by Gasteiger charge is 2.27. The molecule has 1 aliphatic rings. The van der Waals surface area contributed by atoms with E-state index in [1.807, 2.05) is 17.0 Å². The topological polar surface area (TPSA) is 54.5 Å². The Bertz CT molecular complexity index is 618. The van der Waals surface area contributed by atoms with Gasteiger partial charge in [-0.15, -0.1) is 0 Å². The van der Waals surface area contributed by atoms with E-state index in [2.05, 4.69) is 34.1 Å². The summed E-state index contributed by atoms with van der Waals surface area (Å²) in [5, 5.41) is 7.21. The molecule has 6 heteroatoms. The number of nitrogens with one attached hydrogen (secondary N) is 1. The van der Waals surface area contributed by atoms with E-state index in [1.54, 1.807) is 23.7 Å². The molecule has 2 aromatic rings. The Kier molecular flexibility index (Phi) is 5.12. The van der Waals surface area contributed by atoms with Crippen molar-refractivity contribution in [1.82, 2.24) is 15.2 Å². The van der Waals surface area contributed by atoms with Gasteiger partial charge >= 0.3 is 6.03 Å². The second-order valence-corrected chi connectivity index (χ2v) is 6.59. The minimum atomic E-state index is -0.00985.